The average Bonchev–Trinajstić information content (AvgIpc) is 2.77. The molecule has 0 aliphatic rings. The highest BCUT2D eigenvalue weighted by atomic mass is 127. The van der Waals surface area contributed by atoms with Crippen molar-refractivity contribution in [2.45, 2.75) is 19.4 Å². The van der Waals surface area contributed by atoms with Crippen molar-refractivity contribution < 1.29 is 4.42 Å². The van der Waals surface area contributed by atoms with Gasteiger partial charge >= 0.3 is 0 Å². The van der Waals surface area contributed by atoms with E-state index in [4.69, 9.17) is 4.42 Å². The van der Waals surface area contributed by atoms with Crippen LogP contribution in [0.15, 0.2) is 45.5 Å². The van der Waals surface area contributed by atoms with Crippen LogP contribution in [-0.4, -0.2) is 6.54 Å². The first-order chi connectivity index (χ1) is 8.72. The van der Waals surface area contributed by atoms with Gasteiger partial charge in [-0.1, -0.05) is 19.1 Å². The molecule has 1 unspecified atom stereocenters. The van der Waals surface area contributed by atoms with Crippen molar-refractivity contribution in [1.29, 1.82) is 0 Å². The van der Waals surface area contributed by atoms with Gasteiger partial charge in [0.15, 0.2) is 0 Å². The molecule has 0 radical (unpaired) electrons. The molecule has 1 aromatic heterocycles. The van der Waals surface area contributed by atoms with E-state index < -0.39 is 0 Å². The van der Waals surface area contributed by atoms with Gasteiger partial charge in [0.05, 0.1) is 16.8 Å². The number of nitrogens with one attached hydrogen (secondary N) is 1. The number of halogens is 2. The van der Waals surface area contributed by atoms with Gasteiger partial charge in [-0.15, -0.1) is 0 Å². The number of rotatable bonds is 5. The Hall–Kier alpha value is -0.330. The van der Waals surface area contributed by atoms with E-state index in [9.17, 15) is 0 Å². The normalized spacial score (nSPS) is 12.6. The van der Waals surface area contributed by atoms with Gasteiger partial charge in [-0.05, 0) is 75.2 Å². The number of hydrogen-bond donors (Lipinski definition) is 1. The van der Waals surface area contributed by atoms with E-state index in [-0.39, 0.29) is 6.04 Å². The molecule has 18 heavy (non-hydrogen) atoms. The van der Waals surface area contributed by atoms with Crippen LogP contribution < -0.4 is 5.32 Å². The van der Waals surface area contributed by atoms with Gasteiger partial charge in [-0.3, -0.25) is 0 Å². The summed E-state index contributed by atoms with van der Waals surface area (Å²) in [5.74, 6) is 0.936. The molecule has 0 aliphatic carbocycles. The summed E-state index contributed by atoms with van der Waals surface area (Å²) in [7, 11) is 0. The van der Waals surface area contributed by atoms with Crippen molar-refractivity contribution in [3.63, 3.8) is 0 Å². The Morgan fingerprint density at radius 2 is 2.22 bits per heavy atom. The van der Waals surface area contributed by atoms with Crippen molar-refractivity contribution >= 4 is 38.5 Å². The minimum atomic E-state index is 0.101. The van der Waals surface area contributed by atoms with Crippen LogP contribution in [0.2, 0.25) is 0 Å². The van der Waals surface area contributed by atoms with Crippen molar-refractivity contribution in [2.75, 3.05) is 6.54 Å². The fraction of sp³-hybridized carbons (Fsp3) is 0.286. The molecule has 0 saturated heterocycles. The van der Waals surface area contributed by atoms with E-state index in [2.05, 4.69) is 75.0 Å². The van der Waals surface area contributed by atoms with Gasteiger partial charge in [-0.2, -0.15) is 0 Å². The first-order valence-electron chi connectivity index (χ1n) is 5.94. The fourth-order valence-electron chi connectivity index (χ4n) is 1.85. The maximum atomic E-state index is 5.61. The van der Waals surface area contributed by atoms with Gasteiger partial charge in [0.2, 0.25) is 0 Å². The Bertz CT molecular complexity index is 512. The Balaban J connectivity index is 2.33. The summed E-state index contributed by atoms with van der Waals surface area (Å²) in [4.78, 5) is 0. The van der Waals surface area contributed by atoms with Crippen LogP contribution in [0.3, 0.4) is 0 Å². The number of hydrogen-bond acceptors (Lipinski definition) is 2. The first kappa shape index (κ1) is 14.1. The van der Waals surface area contributed by atoms with Crippen LogP contribution in [0.25, 0.3) is 0 Å². The summed E-state index contributed by atoms with van der Waals surface area (Å²) in [6.07, 6.45) is 2.81. The quantitative estimate of drug-likeness (QED) is 0.708. The largest absolute Gasteiger partial charge is 0.466 e. The van der Waals surface area contributed by atoms with Crippen LogP contribution in [-0.2, 0) is 0 Å². The molecule has 1 heterocycles. The zero-order valence-corrected chi connectivity index (χ0v) is 13.9. The van der Waals surface area contributed by atoms with Crippen molar-refractivity contribution in [1.82, 2.24) is 5.32 Å². The van der Waals surface area contributed by atoms with E-state index >= 15 is 0 Å². The predicted octanol–water partition coefficient (Wildman–Crippen LogP) is 4.74. The Morgan fingerprint density at radius 3 is 2.83 bits per heavy atom. The van der Waals surface area contributed by atoms with E-state index in [1.807, 2.05) is 6.07 Å². The summed E-state index contributed by atoms with van der Waals surface area (Å²) < 4.78 is 7.85. The third-order valence-electron chi connectivity index (χ3n) is 2.69. The molecule has 2 aromatic rings. The van der Waals surface area contributed by atoms with E-state index in [1.165, 1.54) is 9.13 Å². The second-order valence-electron chi connectivity index (χ2n) is 4.07. The van der Waals surface area contributed by atoms with Gasteiger partial charge in [-0.25, -0.2) is 0 Å². The van der Waals surface area contributed by atoms with Crippen molar-refractivity contribution in [3.8, 4) is 0 Å². The summed E-state index contributed by atoms with van der Waals surface area (Å²) in [6, 6.07) is 10.5. The van der Waals surface area contributed by atoms with E-state index in [1.54, 1.807) is 6.26 Å². The lowest BCUT2D eigenvalue weighted by Gasteiger charge is -2.17. The fourth-order valence-corrected chi connectivity index (χ4v) is 2.85. The minimum absolute atomic E-state index is 0.101. The Morgan fingerprint density at radius 1 is 1.39 bits per heavy atom. The molecule has 1 aromatic carbocycles. The van der Waals surface area contributed by atoms with Crippen LogP contribution in [0.1, 0.15) is 30.7 Å². The smallest absolute Gasteiger partial charge is 0.139 e. The lowest BCUT2D eigenvalue weighted by molar-refractivity contribution is 0.444. The monoisotopic (exact) mass is 419 g/mol. The maximum absolute atomic E-state index is 5.61. The topological polar surface area (TPSA) is 25.2 Å². The zero-order valence-electron chi connectivity index (χ0n) is 10.1. The molecule has 96 valence electrons. The lowest BCUT2D eigenvalue weighted by atomic mass is 10.0. The minimum Gasteiger partial charge on any atom is -0.466 e. The summed E-state index contributed by atoms with van der Waals surface area (Å²) in [5.41, 5.74) is 1.23. The highest BCUT2D eigenvalue weighted by Gasteiger charge is 2.19. The summed E-state index contributed by atoms with van der Waals surface area (Å²) in [6.45, 7) is 3.12. The molecule has 2 nitrogen and oxygen atoms in total. The highest BCUT2D eigenvalue weighted by Crippen LogP contribution is 2.30. The van der Waals surface area contributed by atoms with Crippen molar-refractivity contribution in [3.05, 3.63) is 56.0 Å². The predicted molar refractivity (Wildman–Crippen MR) is 85.7 cm³/mol. The molecular weight excluding hydrogens is 405 g/mol. The van der Waals surface area contributed by atoms with Gasteiger partial charge in [0, 0.05) is 3.57 Å². The first-order valence-corrected chi connectivity index (χ1v) is 7.81. The van der Waals surface area contributed by atoms with Crippen LogP contribution in [0, 0.1) is 3.57 Å². The third-order valence-corrected chi connectivity index (χ3v) is 4.01. The Labute approximate surface area is 129 Å². The van der Waals surface area contributed by atoms with Crippen LogP contribution in [0.4, 0.5) is 0 Å². The van der Waals surface area contributed by atoms with Gasteiger partial charge in [0.25, 0.3) is 0 Å². The zero-order chi connectivity index (χ0) is 13.0. The van der Waals surface area contributed by atoms with Crippen LogP contribution >= 0.6 is 38.5 Å². The molecule has 0 saturated carbocycles. The molecule has 1 atom stereocenters. The summed E-state index contributed by atoms with van der Waals surface area (Å²) in [5, 5.41) is 3.53. The molecule has 0 spiro atoms. The van der Waals surface area contributed by atoms with E-state index in [0.717, 1.165) is 23.2 Å². The number of benzene rings is 1. The molecule has 2 rings (SSSR count). The molecule has 0 amide bonds. The maximum Gasteiger partial charge on any atom is 0.139 e. The van der Waals surface area contributed by atoms with Gasteiger partial charge < -0.3 is 9.73 Å². The third kappa shape index (κ3) is 3.36. The average molecular weight is 420 g/mol. The molecule has 1 N–H and O–H groups in total. The lowest BCUT2D eigenvalue weighted by Crippen LogP contribution is -2.23. The Kier molecular flexibility index (Phi) is 5.26. The van der Waals surface area contributed by atoms with Crippen LogP contribution in [0.5, 0.6) is 0 Å². The summed E-state index contributed by atoms with van der Waals surface area (Å²) >= 11 is 5.87. The van der Waals surface area contributed by atoms with E-state index in [0.29, 0.717) is 0 Å². The molecule has 0 bridgehead atoms. The number of furan rings is 1. The van der Waals surface area contributed by atoms with Crippen molar-refractivity contribution in [2.24, 2.45) is 0 Å². The standard InChI is InChI=1S/C14H15BrINO/c1-2-7-17-13(14-12(15)6-8-18-14)10-4-3-5-11(16)9-10/h3-6,8-9,13,17H,2,7H2,1H3. The molecule has 0 aliphatic heterocycles. The SMILES string of the molecule is CCCNC(c1cccc(I)c1)c1occc1Br. The second kappa shape index (κ2) is 6.73. The molecule has 4 heteroatoms. The molecule has 0 fully saturated rings. The second-order valence-corrected chi connectivity index (χ2v) is 6.17. The van der Waals surface area contributed by atoms with Gasteiger partial charge in [0.1, 0.15) is 5.76 Å². The highest BCUT2D eigenvalue weighted by molar-refractivity contribution is 14.1. The molecular formula is C14H15BrINO.